The van der Waals surface area contributed by atoms with Gasteiger partial charge in [-0.25, -0.2) is 0 Å². The van der Waals surface area contributed by atoms with E-state index in [1.54, 1.807) is 0 Å². The van der Waals surface area contributed by atoms with Crippen LogP contribution < -0.4 is 5.32 Å². The zero-order chi connectivity index (χ0) is 14.5. The van der Waals surface area contributed by atoms with Crippen molar-refractivity contribution in [2.24, 2.45) is 11.8 Å². The summed E-state index contributed by atoms with van der Waals surface area (Å²) in [5.74, 6) is 1.69. The molecular formula is C17H27ClN2. The molecule has 0 radical (unpaired) electrons. The molecule has 1 aliphatic rings. The van der Waals surface area contributed by atoms with Gasteiger partial charge in [-0.3, -0.25) is 0 Å². The number of hydrogen-bond acceptors (Lipinski definition) is 2. The molecule has 2 atom stereocenters. The highest BCUT2D eigenvalue weighted by Gasteiger charge is 2.25. The third-order valence-electron chi connectivity index (χ3n) is 4.61. The molecule has 1 saturated heterocycles. The fraction of sp³-hybridized carbons (Fsp3) is 0.647. The van der Waals surface area contributed by atoms with E-state index in [9.17, 15) is 0 Å². The fourth-order valence-corrected chi connectivity index (χ4v) is 3.40. The summed E-state index contributed by atoms with van der Waals surface area (Å²) in [7, 11) is 2.02. The van der Waals surface area contributed by atoms with Crippen LogP contribution in [0, 0.1) is 11.8 Å². The van der Waals surface area contributed by atoms with Crippen molar-refractivity contribution in [2.75, 3.05) is 26.7 Å². The van der Waals surface area contributed by atoms with Crippen LogP contribution in [0.1, 0.15) is 38.3 Å². The molecule has 0 saturated carbocycles. The van der Waals surface area contributed by atoms with Gasteiger partial charge in [-0.05, 0) is 56.4 Å². The van der Waals surface area contributed by atoms with E-state index in [4.69, 9.17) is 11.6 Å². The van der Waals surface area contributed by atoms with Crippen LogP contribution in [0.4, 0.5) is 0 Å². The predicted molar refractivity (Wildman–Crippen MR) is 87.3 cm³/mol. The number of hydrogen-bond donors (Lipinski definition) is 1. The number of benzene rings is 1. The molecule has 2 nitrogen and oxygen atoms in total. The Kier molecular flexibility index (Phi) is 5.88. The molecule has 20 heavy (non-hydrogen) atoms. The average Bonchev–Trinajstić information content (AvgIpc) is 2.90. The van der Waals surface area contributed by atoms with E-state index in [1.165, 1.54) is 25.1 Å². The minimum atomic E-state index is 0.349. The summed E-state index contributed by atoms with van der Waals surface area (Å²) in [6.07, 6.45) is 2.47. The van der Waals surface area contributed by atoms with Crippen LogP contribution in [0.5, 0.6) is 0 Å². The van der Waals surface area contributed by atoms with E-state index in [2.05, 4.69) is 36.2 Å². The third kappa shape index (κ3) is 3.97. The lowest BCUT2D eigenvalue weighted by atomic mass is 9.95. The van der Waals surface area contributed by atoms with E-state index < -0.39 is 0 Å². The average molecular weight is 295 g/mol. The monoisotopic (exact) mass is 294 g/mol. The lowest BCUT2D eigenvalue weighted by Gasteiger charge is -2.22. The number of halogens is 1. The van der Waals surface area contributed by atoms with E-state index in [0.717, 1.165) is 29.8 Å². The molecular weight excluding hydrogens is 268 g/mol. The first-order chi connectivity index (χ1) is 9.61. The maximum Gasteiger partial charge on any atom is 0.0453 e. The summed E-state index contributed by atoms with van der Waals surface area (Å²) in [4.78, 5) is 2.60. The second-order valence-corrected chi connectivity index (χ2v) is 6.65. The molecule has 3 heteroatoms. The van der Waals surface area contributed by atoms with Gasteiger partial charge in [0.1, 0.15) is 0 Å². The number of nitrogens with zero attached hydrogens (tertiary/aromatic N) is 1. The molecule has 2 rings (SSSR count). The molecule has 1 fully saturated rings. The maximum atomic E-state index is 6.30. The van der Waals surface area contributed by atoms with Crippen LogP contribution in [-0.4, -0.2) is 31.6 Å². The number of nitrogens with one attached hydrogen (secondary N) is 1. The van der Waals surface area contributed by atoms with Crippen LogP contribution >= 0.6 is 11.6 Å². The third-order valence-corrected chi connectivity index (χ3v) is 4.96. The van der Waals surface area contributed by atoms with Crippen molar-refractivity contribution in [1.82, 2.24) is 10.2 Å². The molecule has 1 aromatic carbocycles. The zero-order valence-electron chi connectivity index (χ0n) is 12.9. The van der Waals surface area contributed by atoms with Crippen LogP contribution in [0.25, 0.3) is 0 Å². The largest absolute Gasteiger partial charge is 0.313 e. The topological polar surface area (TPSA) is 15.3 Å². The predicted octanol–water partition coefficient (Wildman–Crippen LogP) is 3.97. The molecule has 0 bridgehead atoms. The van der Waals surface area contributed by atoms with Crippen LogP contribution in [0.2, 0.25) is 5.02 Å². The van der Waals surface area contributed by atoms with Gasteiger partial charge < -0.3 is 10.2 Å². The van der Waals surface area contributed by atoms with Gasteiger partial charge in [0.25, 0.3) is 0 Å². The van der Waals surface area contributed by atoms with Gasteiger partial charge in [-0.2, -0.15) is 0 Å². The summed E-state index contributed by atoms with van der Waals surface area (Å²) < 4.78 is 0. The molecule has 0 spiro atoms. The van der Waals surface area contributed by atoms with Gasteiger partial charge in [0.2, 0.25) is 0 Å². The Morgan fingerprint density at radius 3 is 2.70 bits per heavy atom. The summed E-state index contributed by atoms with van der Waals surface area (Å²) in [5, 5.41) is 4.27. The Labute approximate surface area is 128 Å². The molecule has 1 heterocycles. The SMILES string of the molecule is CNC(CCN1CCC(C(C)C)C1)c1ccccc1Cl. The quantitative estimate of drug-likeness (QED) is 0.854. The standard InChI is InChI=1S/C17H27ClN2/c1-13(2)14-8-10-20(12-14)11-9-17(19-3)15-6-4-5-7-16(15)18/h4-7,13-14,17,19H,8-12H2,1-3H3. The van der Waals surface area contributed by atoms with E-state index >= 15 is 0 Å². The minimum absolute atomic E-state index is 0.349. The Balaban J connectivity index is 1.88. The zero-order valence-corrected chi connectivity index (χ0v) is 13.7. The van der Waals surface area contributed by atoms with Crippen molar-refractivity contribution in [3.05, 3.63) is 34.9 Å². The Morgan fingerprint density at radius 2 is 2.10 bits per heavy atom. The Bertz CT molecular complexity index is 419. The molecule has 0 aromatic heterocycles. The lowest BCUT2D eigenvalue weighted by Crippen LogP contribution is -2.27. The lowest BCUT2D eigenvalue weighted by molar-refractivity contribution is 0.287. The minimum Gasteiger partial charge on any atom is -0.313 e. The normalized spacial score (nSPS) is 21.6. The van der Waals surface area contributed by atoms with Crippen molar-refractivity contribution in [1.29, 1.82) is 0 Å². The van der Waals surface area contributed by atoms with Gasteiger partial charge >= 0.3 is 0 Å². The molecule has 1 aliphatic heterocycles. The van der Waals surface area contributed by atoms with Crippen molar-refractivity contribution in [3.63, 3.8) is 0 Å². The second kappa shape index (κ2) is 7.44. The maximum absolute atomic E-state index is 6.30. The van der Waals surface area contributed by atoms with Crippen LogP contribution in [0.3, 0.4) is 0 Å². The van der Waals surface area contributed by atoms with E-state index in [-0.39, 0.29) is 0 Å². The van der Waals surface area contributed by atoms with Crippen LogP contribution in [-0.2, 0) is 0 Å². The summed E-state index contributed by atoms with van der Waals surface area (Å²) in [6, 6.07) is 8.51. The van der Waals surface area contributed by atoms with Gasteiger partial charge in [-0.15, -0.1) is 0 Å². The number of rotatable bonds is 6. The smallest absolute Gasteiger partial charge is 0.0453 e. The first-order valence-corrected chi connectivity index (χ1v) is 8.13. The fourth-order valence-electron chi connectivity index (χ4n) is 3.13. The molecule has 0 aliphatic carbocycles. The highest BCUT2D eigenvalue weighted by molar-refractivity contribution is 6.31. The second-order valence-electron chi connectivity index (χ2n) is 6.24. The first kappa shape index (κ1) is 15.8. The van der Waals surface area contributed by atoms with Crippen molar-refractivity contribution in [2.45, 2.75) is 32.7 Å². The molecule has 0 amide bonds. The highest BCUT2D eigenvalue weighted by atomic mass is 35.5. The molecule has 1 aromatic rings. The summed E-state index contributed by atoms with van der Waals surface area (Å²) in [6.45, 7) is 8.35. The Hall–Kier alpha value is -0.570. The van der Waals surface area contributed by atoms with Crippen molar-refractivity contribution < 1.29 is 0 Å². The van der Waals surface area contributed by atoms with Crippen molar-refractivity contribution in [3.8, 4) is 0 Å². The van der Waals surface area contributed by atoms with E-state index in [0.29, 0.717) is 6.04 Å². The Morgan fingerprint density at radius 1 is 1.35 bits per heavy atom. The van der Waals surface area contributed by atoms with Gasteiger partial charge in [0.05, 0.1) is 0 Å². The first-order valence-electron chi connectivity index (χ1n) is 7.76. The van der Waals surface area contributed by atoms with Gasteiger partial charge in [0, 0.05) is 17.6 Å². The summed E-state index contributed by atoms with van der Waals surface area (Å²) in [5.41, 5.74) is 1.22. The molecule has 112 valence electrons. The van der Waals surface area contributed by atoms with Crippen LogP contribution in [0.15, 0.2) is 24.3 Å². The highest BCUT2D eigenvalue weighted by Crippen LogP contribution is 2.27. The number of likely N-dealkylation sites (tertiary alicyclic amines) is 1. The van der Waals surface area contributed by atoms with Crippen molar-refractivity contribution >= 4 is 11.6 Å². The molecule has 1 N–H and O–H groups in total. The summed E-state index contributed by atoms with van der Waals surface area (Å²) >= 11 is 6.30. The van der Waals surface area contributed by atoms with E-state index in [1.807, 2.05) is 19.2 Å². The molecule has 2 unspecified atom stereocenters. The van der Waals surface area contributed by atoms with Gasteiger partial charge in [-0.1, -0.05) is 43.6 Å². The van der Waals surface area contributed by atoms with Gasteiger partial charge in [0.15, 0.2) is 0 Å².